The number of aliphatic carboxylic acids is 1. The van der Waals surface area contributed by atoms with Gasteiger partial charge >= 0.3 is 12.0 Å². The lowest BCUT2D eigenvalue weighted by Crippen LogP contribution is -2.59. The van der Waals surface area contributed by atoms with Gasteiger partial charge in [0.25, 0.3) is 0 Å². The third-order valence-corrected chi connectivity index (χ3v) is 4.18. The van der Waals surface area contributed by atoms with Crippen LogP contribution in [-0.4, -0.2) is 58.0 Å². The largest absolute Gasteiger partial charge is 0.480 e. The van der Waals surface area contributed by atoms with Crippen LogP contribution in [-0.2, 0) is 9.59 Å². The van der Waals surface area contributed by atoms with Gasteiger partial charge in [0, 0.05) is 19.6 Å². The van der Waals surface area contributed by atoms with Crippen LogP contribution >= 0.6 is 0 Å². The van der Waals surface area contributed by atoms with Gasteiger partial charge in [-0.25, -0.2) is 9.59 Å². The van der Waals surface area contributed by atoms with Crippen LogP contribution in [0.3, 0.4) is 0 Å². The zero-order valence-corrected chi connectivity index (χ0v) is 12.4. The Hall–Kier alpha value is -1.79. The Morgan fingerprint density at radius 2 is 1.85 bits per heavy atom. The van der Waals surface area contributed by atoms with Crippen LogP contribution in [0.5, 0.6) is 0 Å². The van der Waals surface area contributed by atoms with Crippen molar-refractivity contribution in [1.82, 2.24) is 9.80 Å². The normalized spacial score (nSPS) is 23.3. The number of likely N-dealkylation sites (tertiary alicyclic amines) is 1. The highest BCUT2D eigenvalue weighted by Gasteiger charge is 2.40. The van der Waals surface area contributed by atoms with Crippen molar-refractivity contribution in [3.8, 4) is 0 Å². The number of amides is 3. The molecule has 114 valence electrons. The summed E-state index contributed by atoms with van der Waals surface area (Å²) in [7, 11) is 1.46. The Bertz CT molecular complexity index is 422. The molecule has 1 rings (SSSR count). The van der Waals surface area contributed by atoms with Crippen LogP contribution in [0, 0.1) is 5.92 Å². The Labute approximate surface area is 118 Å². The molecule has 3 amide bonds. The molecule has 2 atom stereocenters. The van der Waals surface area contributed by atoms with Gasteiger partial charge in [-0.05, 0) is 33.6 Å². The second-order valence-electron chi connectivity index (χ2n) is 5.88. The van der Waals surface area contributed by atoms with E-state index in [9.17, 15) is 19.5 Å². The second kappa shape index (κ2) is 5.68. The van der Waals surface area contributed by atoms with Crippen LogP contribution in [0.25, 0.3) is 0 Å². The highest BCUT2D eigenvalue weighted by atomic mass is 16.4. The van der Waals surface area contributed by atoms with E-state index in [4.69, 9.17) is 5.73 Å². The molecule has 1 heterocycles. The molecule has 2 unspecified atom stereocenters. The molecule has 7 nitrogen and oxygen atoms in total. The topological polar surface area (TPSA) is 104 Å². The summed E-state index contributed by atoms with van der Waals surface area (Å²) in [5.74, 6) is -1.86. The van der Waals surface area contributed by atoms with Gasteiger partial charge in [-0.1, -0.05) is 0 Å². The highest BCUT2D eigenvalue weighted by Crippen LogP contribution is 2.24. The molecule has 7 heteroatoms. The van der Waals surface area contributed by atoms with Crippen LogP contribution in [0.15, 0.2) is 0 Å². The Morgan fingerprint density at radius 3 is 2.30 bits per heavy atom. The summed E-state index contributed by atoms with van der Waals surface area (Å²) in [4.78, 5) is 37.7. The average molecular weight is 285 g/mol. The third-order valence-electron chi connectivity index (χ3n) is 4.18. The van der Waals surface area contributed by atoms with E-state index >= 15 is 0 Å². The first kappa shape index (κ1) is 16.3. The van der Waals surface area contributed by atoms with E-state index in [-0.39, 0.29) is 18.5 Å². The molecule has 0 aromatic rings. The number of carboxylic acid groups (broad SMARTS) is 1. The van der Waals surface area contributed by atoms with Crippen LogP contribution in [0.1, 0.15) is 33.6 Å². The van der Waals surface area contributed by atoms with Gasteiger partial charge in [-0.2, -0.15) is 0 Å². The molecule has 3 N–H and O–H groups in total. The fraction of sp³-hybridized carbons (Fsp3) is 0.769. The number of carbonyl (C=O) groups is 3. The van der Waals surface area contributed by atoms with Gasteiger partial charge in [0.1, 0.15) is 5.54 Å². The number of piperidine rings is 1. The van der Waals surface area contributed by atoms with Crippen LogP contribution < -0.4 is 5.73 Å². The highest BCUT2D eigenvalue weighted by molar-refractivity contribution is 5.86. The molecular formula is C13H23N3O4. The Morgan fingerprint density at radius 1 is 1.30 bits per heavy atom. The minimum absolute atomic E-state index is 0.0369. The molecule has 0 aromatic heterocycles. The lowest BCUT2D eigenvalue weighted by Gasteiger charge is -2.42. The Balaban J connectivity index is 2.89. The molecule has 0 aliphatic carbocycles. The van der Waals surface area contributed by atoms with E-state index in [1.807, 2.05) is 6.92 Å². The van der Waals surface area contributed by atoms with Crippen LogP contribution in [0.4, 0.5) is 4.79 Å². The van der Waals surface area contributed by atoms with Crippen molar-refractivity contribution in [2.75, 3.05) is 13.6 Å². The lowest BCUT2D eigenvalue weighted by atomic mass is 9.93. The van der Waals surface area contributed by atoms with E-state index in [0.29, 0.717) is 12.8 Å². The van der Waals surface area contributed by atoms with Gasteiger partial charge in [0.15, 0.2) is 0 Å². The van der Waals surface area contributed by atoms with Crippen molar-refractivity contribution in [2.45, 2.75) is 45.2 Å². The summed E-state index contributed by atoms with van der Waals surface area (Å²) in [6, 6.07) is -0.430. The van der Waals surface area contributed by atoms with Gasteiger partial charge < -0.3 is 20.6 Å². The molecule has 0 aromatic carbocycles. The molecular weight excluding hydrogens is 262 g/mol. The molecule has 1 aliphatic heterocycles. The van der Waals surface area contributed by atoms with Crippen molar-refractivity contribution >= 4 is 17.9 Å². The smallest absolute Gasteiger partial charge is 0.329 e. The van der Waals surface area contributed by atoms with E-state index in [0.717, 1.165) is 0 Å². The second-order valence-corrected chi connectivity index (χ2v) is 5.88. The van der Waals surface area contributed by atoms with Crippen molar-refractivity contribution < 1.29 is 19.5 Å². The summed E-state index contributed by atoms with van der Waals surface area (Å²) < 4.78 is 0. The average Bonchev–Trinajstić information content (AvgIpc) is 2.36. The maximum Gasteiger partial charge on any atom is 0.329 e. The molecule has 0 spiro atoms. The number of carbonyl (C=O) groups excluding carboxylic acids is 2. The predicted molar refractivity (Wildman–Crippen MR) is 73.0 cm³/mol. The zero-order chi connectivity index (χ0) is 15.7. The minimum atomic E-state index is -1.31. The number of urea groups is 1. The van der Waals surface area contributed by atoms with E-state index in [2.05, 4.69) is 0 Å². The molecule has 0 saturated carbocycles. The number of primary amides is 1. The van der Waals surface area contributed by atoms with E-state index in [1.54, 1.807) is 0 Å². The molecule has 0 bridgehead atoms. The number of nitrogens with zero attached hydrogens (tertiary/aromatic N) is 2. The first-order chi connectivity index (χ1) is 9.09. The number of rotatable bonds is 3. The summed E-state index contributed by atoms with van der Waals surface area (Å²) in [6.45, 7) is 5.06. The zero-order valence-electron chi connectivity index (χ0n) is 12.4. The molecule has 1 saturated heterocycles. The van der Waals surface area contributed by atoms with Gasteiger partial charge in [0.2, 0.25) is 5.91 Å². The number of hydrogen-bond donors (Lipinski definition) is 2. The summed E-state index contributed by atoms with van der Waals surface area (Å²) in [5, 5.41) is 9.18. The number of carboxylic acids is 1. The van der Waals surface area contributed by atoms with Crippen molar-refractivity contribution in [1.29, 1.82) is 0 Å². The van der Waals surface area contributed by atoms with Gasteiger partial charge in [-0.3, -0.25) is 4.79 Å². The molecule has 1 aliphatic rings. The van der Waals surface area contributed by atoms with Crippen molar-refractivity contribution in [3.05, 3.63) is 0 Å². The number of nitrogens with two attached hydrogens (primary N) is 1. The standard InChI is InChI=1S/C13H23N3O4/c1-8-5-6-9(10(14)17)7-16(8)12(20)15(4)13(2,3)11(18)19/h8-9H,5-7H2,1-4H3,(H2,14,17)(H,18,19). The SMILES string of the molecule is CC1CCC(C(N)=O)CN1C(=O)N(C)C(C)(C)C(=O)O. The first-order valence-electron chi connectivity index (χ1n) is 6.66. The minimum Gasteiger partial charge on any atom is -0.480 e. The first-order valence-corrected chi connectivity index (χ1v) is 6.66. The maximum atomic E-state index is 12.5. The summed E-state index contributed by atoms with van der Waals surface area (Å²) in [6.07, 6.45) is 1.34. The Kier molecular flexibility index (Phi) is 4.62. The molecule has 0 radical (unpaired) electrons. The maximum absolute atomic E-state index is 12.5. The monoisotopic (exact) mass is 285 g/mol. The van der Waals surface area contributed by atoms with E-state index < -0.39 is 23.4 Å². The lowest BCUT2D eigenvalue weighted by molar-refractivity contribution is -0.147. The molecule has 1 fully saturated rings. The fourth-order valence-corrected chi connectivity index (χ4v) is 2.18. The summed E-state index contributed by atoms with van der Waals surface area (Å²) >= 11 is 0. The van der Waals surface area contributed by atoms with Gasteiger partial charge in [0.05, 0.1) is 5.92 Å². The number of likely N-dealkylation sites (N-methyl/N-ethyl adjacent to an activating group) is 1. The third kappa shape index (κ3) is 3.02. The quantitative estimate of drug-likeness (QED) is 0.787. The van der Waals surface area contributed by atoms with Crippen molar-refractivity contribution in [2.24, 2.45) is 11.7 Å². The summed E-state index contributed by atoms with van der Waals surface area (Å²) in [5.41, 5.74) is 3.99. The van der Waals surface area contributed by atoms with Crippen LogP contribution in [0.2, 0.25) is 0 Å². The van der Waals surface area contributed by atoms with Gasteiger partial charge in [-0.15, -0.1) is 0 Å². The van der Waals surface area contributed by atoms with E-state index in [1.165, 1.54) is 30.7 Å². The molecule has 20 heavy (non-hydrogen) atoms. The number of hydrogen-bond acceptors (Lipinski definition) is 3. The van der Waals surface area contributed by atoms with Crippen molar-refractivity contribution in [3.63, 3.8) is 0 Å². The predicted octanol–water partition coefficient (Wildman–Crippen LogP) is 0.487. The fourth-order valence-electron chi connectivity index (χ4n) is 2.18.